The molecule has 1 aromatic heterocycles. The Labute approximate surface area is 132 Å². The topological polar surface area (TPSA) is 32.5 Å². The average molecular weight is 299 g/mol. The molecule has 118 valence electrons. The molecule has 1 aliphatic heterocycles. The molecule has 1 unspecified atom stereocenters. The smallest absolute Gasteiger partial charge is 0.208 e. The normalized spacial score (nSPS) is 18.9. The number of rotatable bonds is 4. The number of likely N-dealkylation sites (N-methyl/N-ethyl adjacent to an activating group) is 1. The van der Waals surface area contributed by atoms with Gasteiger partial charge in [-0.1, -0.05) is 18.2 Å². The Morgan fingerprint density at radius 2 is 2.05 bits per heavy atom. The van der Waals surface area contributed by atoms with Gasteiger partial charge in [0.25, 0.3) is 0 Å². The molecule has 1 fully saturated rings. The first-order chi connectivity index (χ1) is 10.6. The van der Waals surface area contributed by atoms with E-state index in [1.54, 1.807) is 0 Å². The molecule has 0 N–H and O–H groups in total. The lowest BCUT2D eigenvalue weighted by Crippen LogP contribution is -2.46. The molecular formula is C18H25N3O. The van der Waals surface area contributed by atoms with Crippen molar-refractivity contribution in [2.24, 2.45) is 0 Å². The molecule has 0 aliphatic carbocycles. The molecule has 1 aliphatic rings. The number of hydrogen-bond donors (Lipinski definition) is 0. The molecule has 1 aromatic carbocycles. The van der Waals surface area contributed by atoms with Crippen molar-refractivity contribution in [1.29, 1.82) is 0 Å². The fourth-order valence-electron chi connectivity index (χ4n) is 3.14. The summed E-state index contributed by atoms with van der Waals surface area (Å²) in [7, 11) is 2.17. The zero-order chi connectivity index (χ0) is 15.5. The summed E-state index contributed by atoms with van der Waals surface area (Å²) in [4.78, 5) is 9.36. The van der Waals surface area contributed by atoms with Crippen LogP contribution >= 0.6 is 0 Å². The average Bonchev–Trinajstić information content (AvgIpc) is 2.86. The molecule has 1 saturated heterocycles. The number of oxazole rings is 1. The molecule has 0 saturated carbocycles. The first-order valence-electron chi connectivity index (χ1n) is 8.06. The summed E-state index contributed by atoms with van der Waals surface area (Å²) in [6.45, 7) is 6.97. The summed E-state index contributed by atoms with van der Waals surface area (Å²) in [5.74, 6) is 1.76. The third-order valence-electron chi connectivity index (χ3n) is 4.60. The molecule has 2 aromatic rings. The largest absolute Gasteiger partial charge is 0.444 e. The number of piperidine rings is 1. The lowest BCUT2D eigenvalue weighted by molar-refractivity contribution is 0.190. The molecule has 0 amide bonds. The Kier molecular flexibility index (Phi) is 4.48. The third kappa shape index (κ3) is 3.33. The van der Waals surface area contributed by atoms with Gasteiger partial charge >= 0.3 is 0 Å². The van der Waals surface area contributed by atoms with E-state index in [2.05, 4.69) is 52.2 Å². The van der Waals surface area contributed by atoms with E-state index < -0.39 is 0 Å². The first kappa shape index (κ1) is 15.1. The van der Waals surface area contributed by atoms with E-state index in [1.165, 1.54) is 18.5 Å². The monoisotopic (exact) mass is 299 g/mol. The molecule has 0 bridgehead atoms. The van der Waals surface area contributed by atoms with E-state index in [0.717, 1.165) is 37.0 Å². The minimum atomic E-state index is 0.543. The van der Waals surface area contributed by atoms with Crippen molar-refractivity contribution in [2.45, 2.75) is 39.3 Å². The lowest BCUT2D eigenvalue weighted by Gasteiger charge is -2.38. The molecule has 2 heterocycles. The number of nitrogens with zero attached hydrogens (tertiary/aromatic N) is 3. The van der Waals surface area contributed by atoms with Gasteiger partial charge in [0.05, 0.1) is 12.2 Å². The lowest BCUT2D eigenvalue weighted by atomic mass is 10.0. The predicted octanol–water partition coefficient (Wildman–Crippen LogP) is 3.39. The Hall–Kier alpha value is -1.81. The second-order valence-electron chi connectivity index (χ2n) is 6.24. The summed E-state index contributed by atoms with van der Waals surface area (Å²) in [5.41, 5.74) is 2.32. The van der Waals surface area contributed by atoms with Crippen molar-refractivity contribution in [2.75, 3.05) is 25.0 Å². The van der Waals surface area contributed by atoms with Gasteiger partial charge < -0.3 is 9.32 Å². The van der Waals surface area contributed by atoms with Crippen molar-refractivity contribution < 1.29 is 4.42 Å². The standard InChI is InChI=1S/C18H25N3O/c1-14-15(2)22-18(19-14)13-20(3)17-10-7-11-21(12-17)16-8-5-4-6-9-16/h4-6,8-9,17H,7,10-13H2,1-3H3. The maximum absolute atomic E-state index is 5.72. The minimum Gasteiger partial charge on any atom is -0.444 e. The Morgan fingerprint density at radius 3 is 2.73 bits per heavy atom. The highest BCUT2D eigenvalue weighted by Gasteiger charge is 2.24. The van der Waals surface area contributed by atoms with Crippen LogP contribution in [0.5, 0.6) is 0 Å². The second kappa shape index (κ2) is 6.53. The van der Waals surface area contributed by atoms with Gasteiger partial charge in [0, 0.05) is 24.8 Å². The second-order valence-corrected chi connectivity index (χ2v) is 6.24. The highest BCUT2D eigenvalue weighted by atomic mass is 16.4. The van der Waals surface area contributed by atoms with Gasteiger partial charge in [-0.25, -0.2) is 4.98 Å². The predicted molar refractivity (Wildman–Crippen MR) is 89.1 cm³/mol. The highest BCUT2D eigenvalue weighted by Crippen LogP contribution is 2.22. The molecule has 0 spiro atoms. The zero-order valence-corrected chi connectivity index (χ0v) is 13.7. The van der Waals surface area contributed by atoms with Crippen LogP contribution < -0.4 is 4.90 Å². The van der Waals surface area contributed by atoms with Crippen molar-refractivity contribution in [1.82, 2.24) is 9.88 Å². The van der Waals surface area contributed by atoms with Crippen LogP contribution in [0.4, 0.5) is 5.69 Å². The molecule has 4 heteroatoms. The third-order valence-corrected chi connectivity index (χ3v) is 4.60. The quantitative estimate of drug-likeness (QED) is 0.866. The van der Waals surface area contributed by atoms with Crippen LogP contribution in [-0.2, 0) is 6.54 Å². The molecule has 4 nitrogen and oxygen atoms in total. The first-order valence-corrected chi connectivity index (χ1v) is 8.06. The molecule has 3 rings (SSSR count). The number of benzene rings is 1. The van der Waals surface area contributed by atoms with Crippen LogP contribution in [-0.4, -0.2) is 36.1 Å². The van der Waals surface area contributed by atoms with E-state index in [4.69, 9.17) is 4.42 Å². The Balaban J connectivity index is 1.64. The number of para-hydroxylation sites is 1. The summed E-state index contributed by atoms with van der Waals surface area (Å²) in [6, 6.07) is 11.2. The highest BCUT2D eigenvalue weighted by molar-refractivity contribution is 5.46. The van der Waals surface area contributed by atoms with Crippen LogP contribution in [0, 0.1) is 13.8 Å². The summed E-state index contributed by atoms with van der Waals surface area (Å²) in [5, 5.41) is 0. The molecule has 0 radical (unpaired) electrons. The van der Waals surface area contributed by atoms with Crippen LogP contribution in [0.2, 0.25) is 0 Å². The van der Waals surface area contributed by atoms with E-state index in [-0.39, 0.29) is 0 Å². The van der Waals surface area contributed by atoms with Gasteiger partial charge in [-0.15, -0.1) is 0 Å². The number of aromatic nitrogens is 1. The maximum Gasteiger partial charge on any atom is 0.208 e. The van der Waals surface area contributed by atoms with Crippen molar-refractivity contribution in [3.8, 4) is 0 Å². The van der Waals surface area contributed by atoms with E-state index in [9.17, 15) is 0 Å². The van der Waals surface area contributed by atoms with Crippen molar-refractivity contribution in [3.05, 3.63) is 47.7 Å². The number of hydrogen-bond acceptors (Lipinski definition) is 4. The van der Waals surface area contributed by atoms with Gasteiger partial charge in [0.15, 0.2) is 0 Å². The van der Waals surface area contributed by atoms with Gasteiger partial charge in [0.1, 0.15) is 5.76 Å². The van der Waals surface area contributed by atoms with Gasteiger partial charge in [-0.2, -0.15) is 0 Å². The van der Waals surface area contributed by atoms with Crippen LogP contribution in [0.15, 0.2) is 34.7 Å². The Bertz CT molecular complexity index is 589. The van der Waals surface area contributed by atoms with E-state index >= 15 is 0 Å². The van der Waals surface area contributed by atoms with E-state index in [0.29, 0.717) is 6.04 Å². The maximum atomic E-state index is 5.72. The van der Waals surface area contributed by atoms with Crippen molar-refractivity contribution >= 4 is 5.69 Å². The van der Waals surface area contributed by atoms with Crippen LogP contribution in [0.25, 0.3) is 0 Å². The minimum absolute atomic E-state index is 0.543. The fourth-order valence-corrected chi connectivity index (χ4v) is 3.14. The van der Waals surface area contributed by atoms with Gasteiger partial charge in [-0.05, 0) is 45.9 Å². The summed E-state index contributed by atoms with van der Waals surface area (Å²) >= 11 is 0. The van der Waals surface area contributed by atoms with Crippen LogP contribution in [0.1, 0.15) is 30.2 Å². The molecular weight excluding hydrogens is 274 g/mol. The van der Waals surface area contributed by atoms with E-state index in [1.807, 2.05) is 13.8 Å². The molecule has 22 heavy (non-hydrogen) atoms. The summed E-state index contributed by atoms with van der Waals surface area (Å²) < 4.78 is 5.72. The number of anilines is 1. The van der Waals surface area contributed by atoms with Crippen molar-refractivity contribution in [3.63, 3.8) is 0 Å². The Morgan fingerprint density at radius 1 is 1.27 bits per heavy atom. The molecule has 1 atom stereocenters. The zero-order valence-electron chi connectivity index (χ0n) is 13.7. The van der Waals surface area contributed by atoms with Gasteiger partial charge in [-0.3, -0.25) is 4.90 Å². The van der Waals surface area contributed by atoms with Crippen LogP contribution in [0.3, 0.4) is 0 Å². The fraction of sp³-hybridized carbons (Fsp3) is 0.500. The van der Waals surface area contributed by atoms with Gasteiger partial charge in [0.2, 0.25) is 5.89 Å². The SMILES string of the molecule is Cc1nc(CN(C)C2CCCN(c3ccccc3)C2)oc1C. The number of aryl methyl sites for hydroxylation is 2. The summed E-state index contributed by atoms with van der Waals surface area (Å²) in [6.07, 6.45) is 2.46.